The highest BCUT2D eigenvalue weighted by molar-refractivity contribution is 6.07. The molecule has 0 saturated carbocycles. The summed E-state index contributed by atoms with van der Waals surface area (Å²) in [6, 6.07) is 14.9. The number of H-pyrrole nitrogens is 1. The Morgan fingerprint density at radius 2 is 1.93 bits per heavy atom. The van der Waals surface area contributed by atoms with Crippen molar-refractivity contribution >= 4 is 11.9 Å². The van der Waals surface area contributed by atoms with Gasteiger partial charge in [0, 0.05) is 17.8 Å². The lowest BCUT2D eigenvalue weighted by atomic mass is 10.1. The zero-order valence-corrected chi connectivity index (χ0v) is 15.8. The average molecular weight is 390 g/mol. The SMILES string of the molecule is COc1ccc(-c2nn(-c3ccccc3)cc2C(=O)Nc2ncn[nH]2)c(OC)c1. The first-order valence-electron chi connectivity index (χ1n) is 8.74. The second-order valence-electron chi connectivity index (χ2n) is 6.03. The van der Waals surface area contributed by atoms with E-state index < -0.39 is 0 Å². The van der Waals surface area contributed by atoms with Crippen molar-refractivity contribution < 1.29 is 14.3 Å². The maximum Gasteiger partial charge on any atom is 0.261 e. The molecular weight excluding hydrogens is 372 g/mol. The summed E-state index contributed by atoms with van der Waals surface area (Å²) < 4.78 is 12.4. The van der Waals surface area contributed by atoms with E-state index >= 15 is 0 Å². The summed E-state index contributed by atoms with van der Waals surface area (Å²) in [4.78, 5) is 16.9. The van der Waals surface area contributed by atoms with Gasteiger partial charge in [-0.3, -0.25) is 10.1 Å². The number of nitrogens with one attached hydrogen (secondary N) is 2. The Labute approximate surface area is 166 Å². The van der Waals surface area contributed by atoms with Crippen molar-refractivity contribution in [3.8, 4) is 28.4 Å². The van der Waals surface area contributed by atoms with Crippen LogP contribution in [0.4, 0.5) is 5.95 Å². The Balaban J connectivity index is 1.83. The van der Waals surface area contributed by atoms with Gasteiger partial charge >= 0.3 is 0 Å². The molecule has 0 spiro atoms. The fourth-order valence-electron chi connectivity index (χ4n) is 2.89. The fourth-order valence-corrected chi connectivity index (χ4v) is 2.89. The Morgan fingerprint density at radius 1 is 1.10 bits per heavy atom. The van der Waals surface area contributed by atoms with E-state index in [0.29, 0.717) is 28.3 Å². The number of hydrogen-bond donors (Lipinski definition) is 2. The van der Waals surface area contributed by atoms with Crippen LogP contribution >= 0.6 is 0 Å². The van der Waals surface area contributed by atoms with Gasteiger partial charge in [0.2, 0.25) is 5.95 Å². The van der Waals surface area contributed by atoms with Crippen molar-refractivity contribution in [1.82, 2.24) is 25.0 Å². The molecule has 0 bridgehead atoms. The molecule has 4 rings (SSSR count). The number of benzene rings is 2. The predicted molar refractivity (Wildman–Crippen MR) is 106 cm³/mol. The predicted octanol–water partition coefficient (Wildman–Crippen LogP) is 2.93. The van der Waals surface area contributed by atoms with Gasteiger partial charge in [-0.05, 0) is 24.3 Å². The Morgan fingerprint density at radius 3 is 2.62 bits per heavy atom. The molecule has 1 amide bonds. The zero-order chi connectivity index (χ0) is 20.2. The van der Waals surface area contributed by atoms with Crippen molar-refractivity contribution in [3.05, 3.63) is 66.6 Å². The number of hydrogen-bond acceptors (Lipinski definition) is 6. The van der Waals surface area contributed by atoms with E-state index in [1.54, 1.807) is 43.3 Å². The minimum absolute atomic E-state index is 0.245. The molecule has 0 unspecified atom stereocenters. The lowest BCUT2D eigenvalue weighted by Crippen LogP contribution is -2.13. The van der Waals surface area contributed by atoms with E-state index in [4.69, 9.17) is 9.47 Å². The van der Waals surface area contributed by atoms with Crippen molar-refractivity contribution in [1.29, 1.82) is 0 Å². The van der Waals surface area contributed by atoms with E-state index in [1.165, 1.54) is 6.33 Å². The quantitative estimate of drug-likeness (QED) is 0.524. The van der Waals surface area contributed by atoms with Crippen LogP contribution in [0.1, 0.15) is 10.4 Å². The van der Waals surface area contributed by atoms with Gasteiger partial charge in [0.05, 0.1) is 25.5 Å². The van der Waals surface area contributed by atoms with Crippen LogP contribution in [-0.4, -0.2) is 45.1 Å². The second-order valence-corrected chi connectivity index (χ2v) is 6.03. The Bertz CT molecular complexity index is 1120. The number of ether oxygens (including phenoxy) is 2. The van der Waals surface area contributed by atoms with Crippen LogP contribution in [-0.2, 0) is 0 Å². The number of para-hydroxylation sites is 1. The van der Waals surface area contributed by atoms with Gasteiger partial charge in [-0.2, -0.15) is 15.2 Å². The van der Waals surface area contributed by atoms with Gasteiger partial charge in [-0.25, -0.2) is 9.78 Å². The summed E-state index contributed by atoms with van der Waals surface area (Å²) in [7, 11) is 3.13. The van der Waals surface area contributed by atoms with Crippen LogP contribution < -0.4 is 14.8 Å². The topological polar surface area (TPSA) is 107 Å². The minimum atomic E-state index is -0.378. The zero-order valence-electron chi connectivity index (χ0n) is 15.8. The summed E-state index contributed by atoms with van der Waals surface area (Å²) >= 11 is 0. The maximum atomic E-state index is 13.0. The number of aromatic amines is 1. The highest BCUT2D eigenvalue weighted by Gasteiger charge is 2.22. The molecular formula is C20H18N6O3. The molecule has 2 heterocycles. The molecule has 146 valence electrons. The van der Waals surface area contributed by atoms with Gasteiger partial charge in [0.15, 0.2) is 0 Å². The molecule has 0 saturated heterocycles. The summed E-state index contributed by atoms with van der Waals surface area (Å²) in [5.74, 6) is 1.05. The Kier molecular flexibility index (Phi) is 4.93. The summed E-state index contributed by atoms with van der Waals surface area (Å²) in [5, 5.41) is 13.7. The van der Waals surface area contributed by atoms with Crippen molar-refractivity contribution in [2.75, 3.05) is 19.5 Å². The van der Waals surface area contributed by atoms with E-state index in [1.807, 2.05) is 30.3 Å². The van der Waals surface area contributed by atoms with E-state index in [0.717, 1.165) is 5.69 Å². The summed E-state index contributed by atoms with van der Waals surface area (Å²) in [6.45, 7) is 0. The third kappa shape index (κ3) is 3.65. The third-order valence-corrected chi connectivity index (χ3v) is 4.29. The molecule has 2 aromatic carbocycles. The number of aromatic nitrogens is 5. The molecule has 29 heavy (non-hydrogen) atoms. The van der Waals surface area contributed by atoms with Gasteiger partial charge in [-0.1, -0.05) is 18.2 Å². The molecule has 0 aliphatic rings. The molecule has 0 aliphatic carbocycles. The van der Waals surface area contributed by atoms with Crippen molar-refractivity contribution in [3.63, 3.8) is 0 Å². The summed E-state index contributed by atoms with van der Waals surface area (Å²) in [6.07, 6.45) is 2.98. The summed E-state index contributed by atoms with van der Waals surface area (Å²) in [5.41, 5.74) is 2.30. The highest BCUT2D eigenvalue weighted by atomic mass is 16.5. The number of methoxy groups -OCH3 is 2. The van der Waals surface area contributed by atoms with Crippen LogP contribution in [0.2, 0.25) is 0 Å². The van der Waals surface area contributed by atoms with Gasteiger partial charge in [-0.15, -0.1) is 0 Å². The number of amides is 1. The average Bonchev–Trinajstić information content (AvgIpc) is 3.44. The number of anilines is 1. The first-order valence-corrected chi connectivity index (χ1v) is 8.74. The van der Waals surface area contributed by atoms with E-state index in [2.05, 4.69) is 25.6 Å². The molecule has 2 aromatic heterocycles. The van der Waals surface area contributed by atoms with Crippen LogP contribution in [0.5, 0.6) is 11.5 Å². The van der Waals surface area contributed by atoms with Crippen LogP contribution in [0.3, 0.4) is 0 Å². The first-order chi connectivity index (χ1) is 14.2. The second kappa shape index (κ2) is 7.85. The van der Waals surface area contributed by atoms with Crippen LogP contribution in [0, 0.1) is 0 Å². The standard InChI is InChI=1S/C20H18N6O3/c1-28-14-8-9-15(17(10-14)29-2)18-16(19(27)23-20-21-12-22-24-20)11-26(25-18)13-6-4-3-5-7-13/h3-12H,1-2H3,(H2,21,22,23,24,27). The van der Waals surface area contributed by atoms with Crippen molar-refractivity contribution in [2.45, 2.75) is 0 Å². The third-order valence-electron chi connectivity index (χ3n) is 4.29. The first kappa shape index (κ1) is 18.2. The molecule has 0 fully saturated rings. The highest BCUT2D eigenvalue weighted by Crippen LogP contribution is 2.35. The molecule has 9 heteroatoms. The molecule has 0 aliphatic heterocycles. The molecule has 9 nitrogen and oxygen atoms in total. The minimum Gasteiger partial charge on any atom is -0.497 e. The largest absolute Gasteiger partial charge is 0.497 e. The number of carbonyl (C=O) groups is 1. The Hall–Kier alpha value is -4.14. The van der Waals surface area contributed by atoms with Crippen molar-refractivity contribution in [2.24, 2.45) is 0 Å². The number of carbonyl (C=O) groups excluding carboxylic acids is 1. The number of rotatable bonds is 6. The fraction of sp³-hybridized carbons (Fsp3) is 0.100. The van der Waals surface area contributed by atoms with Crippen LogP contribution in [0.15, 0.2) is 61.1 Å². The van der Waals surface area contributed by atoms with Crippen LogP contribution in [0.25, 0.3) is 16.9 Å². The van der Waals surface area contributed by atoms with E-state index in [9.17, 15) is 4.79 Å². The smallest absolute Gasteiger partial charge is 0.261 e. The van der Waals surface area contributed by atoms with Gasteiger partial charge < -0.3 is 9.47 Å². The lowest BCUT2D eigenvalue weighted by Gasteiger charge is -2.10. The lowest BCUT2D eigenvalue weighted by molar-refractivity contribution is 0.102. The monoisotopic (exact) mass is 390 g/mol. The van der Waals surface area contributed by atoms with E-state index in [-0.39, 0.29) is 11.9 Å². The molecule has 0 atom stereocenters. The molecule has 2 N–H and O–H groups in total. The van der Waals surface area contributed by atoms with Gasteiger partial charge in [0.1, 0.15) is 23.5 Å². The molecule has 0 radical (unpaired) electrons. The number of nitrogens with zero attached hydrogens (tertiary/aromatic N) is 4. The maximum absolute atomic E-state index is 13.0. The normalized spacial score (nSPS) is 10.6. The van der Waals surface area contributed by atoms with Gasteiger partial charge in [0.25, 0.3) is 5.91 Å². The molecule has 4 aromatic rings.